The van der Waals surface area contributed by atoms with E-state index in [0.717, 1.165) is 12.1 Å². The molecule has 2 fully saturated rings. The predicted molar refractivity (Wildman–Crippen MR) is 77.9 cm³/mol. The molecule has 2 atom stereocenters. The lowest BCUT2D eigenvalue weighted by molar-refractivity contribution is 0.409. The summed E-state index contributed by atoms with van der Waals surface area (Å²) in [7, 11) is -2.95. The lowest BCUT2D eigenvalue weighted by Crippen LogP contribution is -2.24. The summed E-state index contributed by atoms with van der Waals surface area (Å²) in [5.41, 5.74) is 5.45. The van der Waals surface area contributed by atoms with E-state index in [-0.39, 0.29) is 34.7 Å². The summed E-state index contributed by atoms with van der Waals surface area (Å²) in [6, 6.07) is 2.24. The molecule has 0 amide bonds. The number of hydrogen-bond donors (Lipinski definition) is 1. The van der Waals surface area contributed by atoms with Crippen molar-refractivity contribution in [2.45, 2.75) is 12.8 Å². The number of rotatable bonds is 1. The van der Waals surface area contributed by atoms with E-state index in [4.69, 9.17) is 5.73 Å². The van der Waals surface area contributed by atoms with E-state index in [1.807, 2.05) is 0 Å². The van der Waals surface area contributed by atoms with Crippen LogP contribution in [0.2, 0.25) is 0 Å². The molecule has 4 nitrogen and oxygen atoms in total. The number of anilines is 2. The van der Waals surface area contributed by atoms with Crippen LogP contribution in [0.4, 0.5) is 20.2 Å². The Hall–Kier alpha value is -1.37. The highest BCUT2D eigenvalue weighted by Gasteiger charge is 2.38. The first-order valence-corrected chi connectivity index (χ1v) is 8.88. The quantitative estimate of drug-likeness (QED) is 0.803. The molecular formula is C14H18F2N2O2S. The highest BCUT2D eigenvalue weighted by molar-refractivity contribution is 7.91. The first-order valence-electron chi connectivity index (χ1n) is 7.05. The van der Waals surface area contributed by atoms with Crippen molar-refractivity contribution >= 4 is 21.2 Å². The molecule has 0 aliphatic carbocycles. The highest BCUT2D eigenvalue weighted by Crippen LogP contribution is 2.37. The van der Waals surface area contributed by atoms with E-state index in [0.29, 0.717) is 25.9 Å². The maximum Gasteiger partial charge on any atom is 0.151 e. The summed E-state index contributed by atoms with van der Waals surface area (Å²) >= 11 is 0. The molecule has 2 aliphatic rings. The fourth-order valence-corrected chi connectivity index (χ4v) is 4.95. The average molecular weight is 316 g/mol. The van der Waals surface area contributed by atoms with Crippen molar-refractivity contribution in [2.24, 2.45) is 11.8 Å². The number of halogens is 2. The van der Waals surface area contributed by atoms with Crippen LogP contribution in [0, 0.1) is 23.5 Å². The molecule has 7 heteroatoms. The number of nitrogens with zero attached hydrogens (tertiary/aromatic N) is 1. The monoisotopic (exact) mass is 316 g/mol. The number of benzene rings is 1. The second-order valence-electron chi connectivity index (χ2n) is 5.99. The van der Waals surface area contributed by atoms with Gasteiger partial charge >= 0.3 is 0 Å². The van der Waals surface area contributed by atoms with Crippen LogP contribution >= 0.6 is 0 Å². The van der Waals surface area contributed by atoms with Crippen LogP contribution in [0.5, 0.6) is 0 Å². The topological polar surface area (TPSA) is 63.4 Å². The molecule has 1 aromatic rings. The minimum Gasteiger partial charge on any atom is -0.399 e. The second kappa shape index (κ2) is 5.12. The van der Waals surface area contributed by atoms with Crippen LogP contribution in [-0.2, 0) is 9.84 Å². The van der Waals surface area contributed by atoms with Gasteiger partial charge in [-0.2, -0.15) is 0 Å². The molecule has 2 unspecified atom stereocenters. The van der Waals surface area contributed by atoms with Crippen molar-refractivity contribution in [3.05, 3.63) is 23.8 Å². The zero-order valence-electron chi connectivity index (χ0n) is 11.6. The third-order valence-electron chi connectivity index (χ3n) is 4.53. The third-order valence-corrected chi connectivity index (χ3v) is 6.25. The molecule has 2 heterocycles. The minimum atomic E-state index is -2.95. The molecule has 0 spiro atoms. The third kappa shape index (κ3) is 2.84. The van der Waals surface area contributed by atoms with Gasteiger partial charge in [-0.1, -0.05) is 0 Å². The Bertz CT molecular complexity index is 618. The molecule has 0 saturated carbocycles. The van der Waals surface area contributed by atoms with Gasteiger partial charge in [-0.3, -0.25) is 0 Å². The molecule has 2 N–H and O–H groups in total. The number of nitrogen functional groups attached to an aromatic ring is 1. The second-order valence-corrected chi connectivity index (χ2v) is 8.29. The van der Waals surface area contributed by atoms with Gasteiger partial charge in [0.1, 0.15) is 15.5 Å². The van der Waals surface area contributed by atoms with Gasteiger partial charge in [0.2, 0.25) is 0 Å². The van der Waals surface area contributed by atoms with E-state index < -0.39 is 21.5 Å². The highest BCUT2D eigenvalue weighted by atomic mass is 32.2. The van der Waals surface area contributed by atoms with Crippen LogP contribution in [0.3, 0.4) is 0 Å². The number of hydrogen-bond acceptors (Lipinski definition) is 4. The van der Waals surface area contributed by atoms with Gasteiger partial charge in [0.05, 0.1) is 11.5 Å². The summed E-state index contributed by atoms with van der Waals surface area (Å²) in [5, 5.41) is 0. The van der Waals surface area contributed by atoms with Gasteiger partial charge in [0.15, 0.2) is 11.6 Å². The van der Waals surface area contributed by atoms with Gasteiger partial charge in [0.25, 0.3) is 0 Å². The fourth-order valence-electron chi connectivity index (χ4n) is 3.43. The van der Waals surface area contributed by atoms with Crippen molar-refractivity contribution in [3.63, 3.8) is 0 Å². The van der Waals surface area contributed by atoms with Crippen LogP contribution < -0.4 is 10.6 Å². The first kappa shape index (κ1) is 14.6. The molecule has 0 bridgehead atoms. The summed E-state index contributed by atoms with van der Waals surface area (Å²) < 4.78 is 51.3. The molecule has 0 aromatic heterocycles. The lowest BCUT2D eigenvalue weighted by Gasteiger charge is -2.20. The minimum absolute atomic E-state index is 0.0415. The summed E-state index contributed by atoms with van der Waals surface area (Å²) in [4.78, 5) is 1.69. The smallest absolute Gasteiger partial charge is 0.151 e. The summed E-state index contributed by atoms with van der Waals surface area (Å²) in [6.07, 6.45) is 1.14. The van der Waals surface area contributed by atoms with Gasteiger partial charge in [0, 0.05) is 18.8 Å². The van der Waals surface area contributed by atoms with E-state index in [9.17, 15) is 17.2 Å². The first-order chi connectivity index (χ1) is 9.85. The molecule has 1 aromatic carbocycles. The van der Waals surface area contributed by atoms with Gasteiger partial charge < -0.3 is 10.6 Å². The van der Waals surface area contributed by atoms with Crippen molar-refractivity contribution in [2.75, 3.05) is 35.2 Å². The Kier molecular flexibility index (Phi) is 3.55. The van der Waals surface area contributed by atoms with Crippen LogP contribution in [0.1, 0.15) is 12.8 Å². The molecule has 3 rings (SSSR count). The normalized spacial score (nSPS) is 28.2. The van der Waals surface area contributed by atoms with E-state index in [1.165, 1.54) is 0 Å². The zero-order chi connectivity index (χ0) is 15.2. The molecule has 116 valence electrons. The van der Waals surface area contributed by atoms with Crippen molar-refractivity contribution in [1.82, 2.24) is 0 Å². The maximum atomic E-state index is 14.0. The van der Waals surface area contributed by atoms with Crippen molar-refractivity contribution in [3.8, 4) is 0 Å². The van der Waals surface area contributed by atoms with Crippen LogP contribution in [0.15, 0.2) is 12.1 Å². The lowest BCUT2D eigenvalue weighted by atomic mass is 9.92. The Morgan fingerprint density at radius 1 is 1.05 bits per heavy atom. The zero-order valence-corrected chi connectivity index (χ0v) is 12.4. The fraction of sp³-hybridized carbons (Fsp3) is 0.571. The van der Waals surface area contributed by atoms with Gasteiger partial charge in [-0.25, -0.2) is 17.2 Å². The van der Waals surface area contributed by atoms with E-state index >= 15 is 0 Å². The number of nitrogens with two attached hydrogens (primary N) is 1. The molecular weight excluding hydrogens is 298 g/mol. The van der Waals surface area contributed by atoms with Crippen LogP contribution in [0.25, 0.3) is 0 Å². The Balaban J connectivity index is 1.83. The molecule has 2 saturated heterocycles. The average Bonchev–Trinajstić information content (AvgIpc) is 2.70. The Morgan fingerprint density at radius 3 is 2.00 bits per heavy atom. The van der Waals surface area contributed by atoms with Crippen molar-refractivity contribution in [1.29, 1.82) is 0 Å². The summed E-state index contributed by atoms with van der Waals surface area (Å²) in [6.45, 7) is 0.996. The Morgan fingerprint density at radius 2 is 1.52 bits per heavy atom. The number of sulfone groups is 1. The van der Waals surface area contributed by atoms with Crippen molar-refractivity contribution < 1.29 is 17.2 Å². The van der Waals surface area contributed by atoms with Crippen LogP contribution in [-0.4, -0.2) is 33.0 Å². The van der Waals surface area contributed by atoms with Gasteiger partial charge in [-0.05, 0) is 36.8 Å². The SMILES string of the molecule is Nc1cc(F)c(N2CC3CCS(=O)(=O)CCC3C2)c(F)c1. The number of fused-ring (bicyclic) bond motifs is 1. The molecule has 21 heavy (non-hydrogen) atoms. The van der Waals surface area contributed by atoms with E-state index in [2.05, 4.69) is 0 Å². The maximum absolute atomic E-state index is 14.0. The predicted octanol–water partition coefficient (Wildman–Crippen LogP) is 1.81. The molecule has 2 aliphatic heterocycles. The van der Waals surface area contributed by atoms with Gasteiger partial charge in [-0.15, -0.1) is 0 Å². The van der Waals surface area contributed by atoms with E-state index in [1.54, 1.807) is 4.90 Å². The largest absolute Gasteiger partial charge is 0.399 e. The Labute approximate surface area is 122 Å². The molecule has 0 radical (unpaired) electrons. The standard InChI is InChI=1S/C14H18F2N2O2S/c15-12-5-11(17)6-13(16)14(12)18-7-9-1-3-21(19,20)4-2-10(9)8-18/h5-6,9-10H,1-4,7-8,17H2. The summed E-state index contributed by atoms with van der Waals surface area (Å²) in [5.74, 6) is -0.603.